The Balaban J connectivity index is 2.29. The van der Waals surface area contributed by atoms with Crippen molar-refractivity contribution >= 4 is 5.78 Å². The van der Waals surface area contributed by atoms with Gasteiger partial charge in [0, 0.05) is 25.9 Å². The third-order valence-electron chi connectivity index (χ3n) is 2.85. The molecule has 0 saturated carbocycles. The highest BCUT2D eigenvalue weighted by Crippen LogP contribution is 2.10. The van der Waals surface area contributed by atoms with Gasteiger partial charge in [-0.15, -0.1) is 0 Å². The second-order valence-electron chi connectivity index (χ2n) is 4.39. The lowest BCUT2D eigenvalue weighted by atomic mass is 9.99. The molecule has 0 aliphatic rings. The first-order chi connectivity index (χ1) is 7.63. The van der Waals surface area contributed by atoms with Gasteiger partial charge >= 0.3 is 0 Å². The van der Waals surface area contributed by atoms with Gasteiger partial charge in [-0.3, -0.25) is 4.79 Å². The van der Waals surface area contributed by atoms with E-state index in [1.807, 2.05) is 17.8 Å². The monoisotopic (exact) mass is 223 g/mol. The molecule has 16 heavy (non-hydrogen) atoms. The molecule has 1 aromatic heterocycles. The van der Waals surface area contributed by atoms with Gasteiger partial charge in [0.1, 0.15) is 11.6 Å². The second kappa shape index (κ2) is 6.43. The van der Waals surface area contributed by atoms with E-state index in [0.29, 0.717) is 25.3 Å². The van der Waals surface area contributed by atoms with E-state index in [9.17, 15) is 4.79 Å². The van der Waals surface area contributed by atoms with Gasteiger partial charge in [-0.2, -0.15) is 0 Å². The summed E-state index contributed by atoms with van der Waals surface area (Å²) in [5, 5.41) is 0. The number of Topliss-reactive ketones (excluding diaryl/α,β-unsaturated/α-hetero) is 1. The maximum Gasteiger partial charge on any atom is 0.140 e. The van der Waals surface area contributed by atoms with Crippen molar-refractivity contribution < 1.29 is 4.79 Å². The number of aryl methyl sites for hydroxylation is 1. The number of ketones is 1. The molecule has 0 aliphatic heterocycles. The minimum atomic E-state index is 0.262. The highest BCUT2D eigenvalue weighted by Gasteiger charge is 2.09. The Bertz CT molecular complexity index is 333. The maximum absolute atomic E-state index is 11.7. The molecular formula is C12H21N3O. The standard InChI is InChI=1S/C12H21N3O/c1-10(5-6-13)3-4-11(16)9-12-14-7-8-15(12)2/h7-8,10H,3-6,9,13H2,1-2H3. The number of carbonyl (C=O) groups is 1. The van der Waals surface area contributed by atoms with Crippen molar-refractivity contribution in [2.24, 2.45) is 18.7 Å². The number of nitrogens with zero attached hydrogens (tertiary/aromatic N) is 2. The number of hydrogen-bond acceptors (Lipinski definition) is 3. The Hall–Kier alpha value is -1.16. The van der Waals surface area contributed by atoms with Crippen LogP contribution in [0.5, 0.6) is 0 Å². The average Bonchev–Trinajstić information content (AvgIpc) is 2.62. The van der Waals surface area contributed by atoms with Crippen molar-refractivity contribution in [1.29, 1.82) is 0 Å². The van der Waals surface area contributed by atoms with Crippen LogP contribution in [0.2, 0.25) is 0 Å². The molecule has 0 amide bonds. The van der Waals surface area contributed by atoms with Crippen LogP contribution >= 0.6 is 0 Å². The van der Waals surface area contributed by atoms with Crippen LogP contribution in [0.1, 0.15) is 32.0 Å². The van der Waals surface area contributed by atoms with Gasteiger partial charge in [-0.1, -0.05) is 6.92 Å². The molecule has 0 spiro atoms. The average molecular weight is 223 g/mol. The molecule has 0 bridgehead atoms. The van der Waals surface area contributed by atoms with E-state index < -0.39 is 0 Å². The first-order valence-electron chi connectivity index (χ1n) is 5.81. The first-order valence-corrected chi connectivity index (χ1v) is 5.81. The number of hydrogen-bond donors (Lipinski definition) is 1. The zero-order valence-electron chi connectivity index (χ0n) is 10.1. The SMILES string of the molecule is CC(CCN)CCC(=O)Cc1nccn1C. The zero-order chi connectivity index (χ0) is 12.0. The molecule has 2 N–H and O–H groups in total. The Morgan fingerprint density at radius 1 is 1.56 bits per heavy atom. The van der Waals surface area contributed by atoms with Gasteiger partial charge in [0.2, 0.25) is 0 Å². The largest absolute Gasteiger partial charge is 0.338 e. The number of nitrogens with two attached hydrogens (primary N) is 1. The predicted molar refractivity (Wildman–Crippen MR) is 64.0 cm³/mol. The molecule has 1 unspecified atom stereocenters. The fourth-order valence-corrected chi connectivity index (χ4v) is 1.67. The molecule has 0 aliphatic carbocycles. The summed E-state index contributed by atoms with van der Waals surface area (Å²) in [5.41, 5.74) is 5.47. The quantitative estimate of drug-likeness (QED) is 0.758. The summed E-state index contributed by atoms with van der Waals surface area (Å²) in [5.74, 6) is 1.64. The highest BCUT2D eigenvalue weighted by molar-refractivity contribution is 5.80. The van der Waals surface area contributed by atoms with Gasteiger partial charge in [-0.25, -0.2) is 4.98 Å². The molecule has 0 radical (unpaired) electrons. The lowest BCUT2D eigenvalue weighted by molar-refractivity contribution is -0.118. The van der Waals surface area contributed by atoms with Crippen molar-refractivity contribution in [2.45, 2.75) is 32.6 Å². The Kier molecular flexibility index (Phi) is 5.19. The maximum atomic E-state index is 11.7. The topological polar surface area (TPSA) is 60.9 Å². The summed E-state index contributed by atoms with van der Waals surface area (Å²) in [6, 6.07) is 0. The molecule has 1 atom stereocenters. The summed E-state index contributed by atoms with van der Waals surface area (Å²) < 4.78 is 1.89. The number of imidazole rings is 1. The Morgan fingerprint density at radius 3 is 2.88 bits per heavy atom. The van der Waals surface area contributed by atoms with Gasteiger partial charge in [0.15, 0.2) is 0 Å². The van der Waals surface area contributed by atoms with Crippen LogP contribution in [0.4, 0.5) is 0 Å². The van der Waals surface area contributed by atoms with Crippen LogP contribution in [0.25, 0.3) is 0 Å². The third-order valence-corrected chi connectivity index (χ3v) is 2.85. The molecule has 1 heterocycles. The first kappa shape index (κ1) is 12.9. The smallest absolute Gasteiger partial charge is 0.140 e. The van der Waals surface area contributed by atoms with Crippen molar-refractivity contribution in [3.8, 4) is 0 Å². The van der Waals surface area contributed by atoms with Crippen LogP contribution in [-0.4, -0.2) is 21.9 Å². The molecule has 4 heteroatoms. The molecule has 90 valence electrons. The van der Waals surface area contributed by atoms with Crippen molar-refractivity contribution in [1.82, 2.24) is 9.55 Å². The Morgan fingerprint density at radius 2 is 2.31 bits per heavy atom. The van der Waals surface area contributed by atoms with Crippen LogP contribution in [0.3, 0.4) is 0 Å². The van der Waals surface area contributed by atoms with Gasteiger partial charge in [0.05, 0.1) is 6.42 Å². The van der Waals surface area contributed by atoms with Crippen LogP contribution in [0, 0.1) is 5.92 Å². The van der Waals surface area contributed by atoms with E-state index in [0.717, 1.165) is 18.7 Å². The predicted octanol–water partition coefficient (Wildman–Crippen LogP) is 1.30. The van der Waals surface area contributed by atoms with E-state index in [4.69, 9.17) is 5.73 Å². The summed E-state index contributed by atoms with van der Waals surface area (Å²) in [7, 11) is 1.91. The van der Waals surface area contributed by atoms with Crippen LogP contribution < -0.4 is 5.73 Å². The van der Waals surface area contributed by atoms with Gasteiger partial charge in [-0.05, 0) is 25.3 Å². The van der Waals surface area contributed by atoms with E-state index in [1.54, 1.807) is 6.20 Å². The lowest BCUT2D eigenvalue weighted by Gasteiger charge is -2.08. The number of rotatable bonds is 7. The fraction of sp³-hybridized carbons (Fsp3) is 0.667. The molecule has 4 nitrogen and oxygen atoms in total. The van der Waals surface area contributed by atoms with E-state index >= 15 is 0 Å². The molecule has 0 saturated heterocycles. The highest BCUT2D eigenvalue weighted by atomic mass is 16.1. The Labute approximate surface area is 96.9 Å². The molecule has 1 aromatic rings. The third kappa shape index (κ3) is 4.14. The van der Waals surface area contributed by atoms with Crippen LogP contribution in [-0.2, 0) is 18.3 Å². The molecule has 0 fully saturated rings. The summed E-state index contributed by atoms with van der Waals surface area (Å²) in [6.07, 6.45) is 6.59. The van der Waals surface area contributed by atoms with Crippen molar-refractivity contribution in [3.05, 3.63) is 18.2 Å². The minimum absolute atomic E-state index is 0.262. The molecule has 1 rings (SSSR count). The van der Waals surface area contributed by atoms with Gasteiger partial charge in [0.25, 0.3) is 0 Å². The zero-order valence-corrected chi connectivity index (χ0v) is 10.1. The second-order valence-corrected chi connectivity index (χ2v) is 4.39. The van der Waals surface area contributed by atoms with E-state index in [-0.39, 0.29) is 5.78 Å². The van der Waals surface area contributed by atoms with E-state index in [1.165, 1.54) is 0 Å². The van der Waals surface area contributed by atoms with E-state index in [2.05, 4.69) is 11.9 Å². The minimum Gasteiger partial charge on any atom is -0.338 e. The molecule has 0 aromatic carbocycles. The fourth-order valence-electron chi connectivity index (χ4n) is 1.67. The van der Waals surface area contributed by atoms with Crippen molar-refractivity contribution in [2.75, 3.05) is 6.54 Å². The molecular weight excluding hydrogens is 202 g/mol. The summed E-state index contributed by atoms with van der Waals surface area (Å²) >= 11 is 0. The normalized spacial score (nSPS) is 12.7. The summed E-state index contributed by atoms with van der Waals surface area (Å²) in [6.45, 7) is 2.84. The van der Waals surface area contributed by atoms with Gasteiger partial charge < -0.3 is 10.3 Å². The number of aromatic nitrogens is 2. The lowest BCUT2D eigenvalue weighted by Crippen LogP contribution is -2.11. The van der Waals surface area contributed by atoms with Crippen molar-refractivity contribution in [3.63, 3.8) is 0 Å². The van der Waals surface area contributed by atoms with Crippen LogP contribution in [0.15, 0.2) is 12.4 Å². The summed E-state index contributed by atoms with van der Waals surface area (Å²) in [4.78, 5) is 15.8. The number of carbonyl (C=O) groups excluding carboxylic acids is 1.